The summed E-state index contributed by atoms with van der Waals surface area (Å²) in [5.41, 5.74) is 2.62. The Hall–Kier alpha value is -3.34. The van der Waals surface area contributed by atoms with E-state index in [4.69, 9.17) is 0 Å². The summed E-state index contributed by atoms with van der Waals surface area (Å²) >= 11 is 0. The fraction of sp³-hybridized carbons (Fsp3) is 0.217. The van der Waals surface area contributed by atoms with Gasteiger partial charge in [-0.2, -0.15) is 0 Å². The zero-order valence-electron chi connectivity index (χ0n) is 15.8. The first-order valence-electron chi connectivity index (χ1n) is 9.15. The predicted octanol–water partition coefficient (Wildman–Crippen LogP) is 4.43. The molecule has 1 aliphatic carbocycles. The second-order valence-corrected chi connectivity index (χ2v) is 7.48. The summed E-state index contributed by atoms with van der Waals surface area (Å²) in [4.78, 5) is 41.8. The molecule has 0 radical (unpaired) electrons. The molecule has 2 aromatic carbocycles. The molecule has 28 heavy (non-hydrogen) atoms. The lowest BCUT2D eigenvalue weighted by Crippen LogP contribution is -2.14. The number of Topliss-reactive ketones (excluding diaryl/α,β-unsaturated/α-hetero) is 3. The summed E-state index contributed by atoms with van der Waals surface area (Å²) in [7, 11) is 0. The molecule has 5 heteroatoms. The number of hydrogen-bond acceptors (Lipinski definition) is 5. The Bertz CT molecular complexity index is 1180. The van der Waals surface area contributed by atoms with Crippen molar-refractivity contribution in [1.82, 2.24) is 4.98 Å². The van der Waals surface area contributed by atoms with E-state index in [0.29, 0.717) is 17.0 Å². The Kier molecular flexibility index (Phi) is 4.11. The maximum absolute atomic E-state index is 12.9. The Morgan fingerprint density at radius 2 is 1.71 bits per heavy atom. The molecule has 1 heterocycles. The molecule has 0 spiro atoms. The Morgan fingerprint density at radius 1 is 1.00 bits per heavy atom. The third-order valence-corrected chi connectivity index (χ3v) is 5.27. The summed E-state index contributed by atoms with van der Waals surface area (Å²) < 4.78 is 0. The van der Waals surface area contributed by atoms with Crippen molar-refractivity contribution in [2.24, 2.45) is 0 Å². The molecule has 1 unspecified atom stereocenters. The average Bonchev–Trinajstić information content (AvgIpc) is 2.91. The van der Waals surface area contributed by atoms with Crippen LogP contribution in [0.4, 0.5) is 0 Å². The molecule has 1 N–H and O–H groups in total. The first kappa shape index (κ1) is 18.0. The zero-order valence-corrected chi connectivity index (χ0v) is 15.8. The van der Waals surface area contributed by atoms with Gasteiger partial charge in [-0.15, -0.1) is 0 Å². The van der Waals surface area contributed by atoms with E-state index in [1.807, 2.05) is 18.2 Å². The van der Waals surface area contributed by atoms with Gasteiger partial charge in [-0.3, -0.25) is 14.4 Å². The van der Waals surface area contributed by atoms with Crippen LogP contribution in [0.1, 0.15) is 74.9 Å². The topological polar surface area (TPSA) is 84.3 Å². The van der Waals surface area contributed by atoms with Crippen molar-refractivity contribution in [2.45, 2.75) is 32.6 Å². The molecule has 4 rings (SSSR count). The standard InChI is InChI=1S/C23H19NO4/c1-11(2)13-5-7-18-15(8-13)10-19(26)21(24-18)20-22(27)16-6-4-14(12(3)25)9-17(16)23(20)28/h4-11,20,26H,1-3H3. The van der Waals surface area contributed by atoms with Gasteiger partial charge in [0.2, 0.25) is 0 Å². The molecule has 1 aromatic heterocycles. The van der Waals surface area contributed by atoms with Crippen LogP contribution >= 0.6 is 0 Å². The van der Waals surface area contributed by atoms with Crippen LogP contribution in [0.5, 0.6) is 5.75 Å². The molecule has 0 amide bonds. The van der Waals surface area contributed by atoms with E-state index in [2.05, 4.69) is 18.8 Å². The third-order valence-electron chi connectivity index (χ3n) is 5.27. The lowest BCUT2D eigenvalue weighted by molar-refractivity contribution is 0.0885. The van der Waals surface area contributed by atoms with Crippen molar-refractivity contribution in [3.8, 4) is 5.75 Å². The number of aromatic nitrogens is 1. The van der Waals surface area contributed by atoms with E-state index in [-0.39, 0.29) is 28.4 Å². The van der Waals surface area contributed by atoms with Gasteiger partial charge in [0, 0.05) is 22.1 Å². The molecule has 1 aliphatic rings. The molecule has 0 fully saturated rings. The average molecular weight is 373 g/mol. The number of nitrogens with zero attached hydrogens (tertiary/aromatic N) is 1. The van der Waals surface area contributed by atoms with Crippen LogP contribution in [0.2, 0.25) is 0 Å². The normalized spacial score (nSPS) is 16.1. The quantitative estimate of drug-likeness (QED) is 0.542. The maximum atomic E-state index is 12.9. The monoisotopic (exact) mass is 373 g/mol. The molecule has 1 atom stereocenters. The molecular weight excluding hydrogens is 354 g/mol. The van der Waals surface area contributed by atoms with Crippen molar-refractivity contribution >= 4 is 28.3 Å². The Balaban J connectivity index is 1.82. The van der Waals surface area contributed by atoms with Crippen LogP contribution in [0.15, 0.2) is 42.5 Å². The lowest BCUT2D eigenvalue weighted by Gasteiger charge is -2.12. The molecule has 0 saturated carbocycles. The van der Waals surface area contributed by atoms with Gasteiger partial charge in [0.15, 0.2) is 17.3 Å². The molecule has 0 saturated heterocycles. The molecular formula is C23H19NO4. The number of pyridine rings is 1. The first-order valence-corrected chi connectivity index (χ1v) is 9.15. The number of carbonyl (C=O) groups is 3. The van der Waals surface area contributed by atoms with Crippen LogP contribution in [-0.2, 0) is 0 Å². The predicted molar refractivity (Wildman–Crippen MR) is 105 cm³/mol. The van der Waals surface area contributed by atoms with E-state index in [0.717, 1.165) is 10.9 Å². The number of fused-ring (bicyclic) bond motifs is 2. The van der Waals surface area contributed by atoms with Crippen molar-refractivity contribution in [3.63, 3.8) is 0 Å². The number of benzene rings is 2. The van der Waals surface area contributed by atoms with Crippen LogP contribution in [0, 0.1) is 0 Å². The van der Waals surface area contributed by atoms with Gasteiger partial charge in [-0.05, 0) is 48.7 Å². The molecule has 3 aromatic rings. The fourth-order valence-electron chi connectivity index (χ4n) is 3.63. The minimum absolute atomic E-state index is 0.0559. The maximum Gasteiger partial charge on any atom is 0.180 e. The van der Waals surface area contributed by atoms with Gasteiger partial charge in [0.25, 0.3) is 0 Å². The van der Waals surface area contributed by atoms with Crippen LogP contribution in [-0.4, -0.2) is 27.4 Å². The summed E-state index contributed by atoms with van der Waals surface area (Å²) in [6, 6.07) is 11.8. The molecule has 140 valence electrons. The second-order valence-electron chi connectivity index (χ2n) is 7.48. The zero-order chi connectivity index (χ0) is 20.2. The van der Waals surface area contributed by atoms with Gasteiger partial charge in [0.05, 0.1) is 5.52 Å². The van der Waals surface area contributed by atoms with E-state index < -0.39 is 17.5 Å². The number of rotatable bonds is 3. The van der Waals surface area contributed by atoms with Crippen molar-refractivity contribution in [1.29, 1.82) is 0 Å². The smallest absolute Gasteiger partial charge is 0.180 e. The fourth-order valence-corrected chi connectivity index (χ4v) is 3.63. The van der Waals surface area contributed by atoms with E-state index >= 15 is 0 Å². The van der Waals surface area contributed by atoms with Gasteiger partial charge < -0.3 is 5.11 Å². The van der Waals surface area contributed by atoms with Crippen molar-refractivity contribution in [3.05, 3.63) is 70.4 Å². The highest BCUT2D eigenvalue weighted by molar-refractivity contribution is 6.30. The number of aromatic hydroxyl groups is 1. The van der Waals surface area contributed by atoms with Crippen LogP contribution < -0.4 is 0 Å². The Labute approximate surface area is 162 Å². The van der Waals surface area contributed by atoms with E-state index in [1.54, 1.807) is 6.07 Å². The summed E-state index contributed by atoms with van der Waals surface area (Å²) in [5, 5.41) is 11.3. The molecule has 0 aliphatic heterocycles. The van der Waals surface area contributed by atoms with Gasteiger partial charge in [0.1, 0.15) is 17.4 Å². The van der Waals surface area contributed by atoms with Gasteiger partial charge in [-0.1, -0.05) is 26.0 Å². The third kappa shape index (κ3) is 2.71. The van der Waals surface area contributed by atoms with Gasteiger partial charge >= 0.3 is 0 Å². The summed E-state index contributed by atoms with van der Waals surface area (Å²) in [6.45, 7) is 5.55. The summed E-state index contributed by atoms with van der Waals surface area (Å²) in [6.07, 6.45) is 0. The van der Waals surface area contributed by atoms with E-state index in [9.17, 15) is 19.5 Å². The second kappa shape index (κ2) is 6.37. The first-order chi connectivity index (χ1) is 13.3. The number of hydrogen-bond donors (Lipinski definition) is 1. The largest absolute Gasteiger partial charge is 0.506 e. The van der Waals surface area contributed by atoms with Crippen LogP contribution in [0.3, 0.4) is 0 Å². The van der Waals surface area contributed by atoms with Crippen LogP contribution in [0.25, 0.3) is 10.9 Å². The van der Waals surface area contributed by atoms with E-state index in [1.165, 1.54) is 25.1 Å². The SMILES string of the molecule is CC(=O)c1ccc2c(c1)C(=O)C(c1nc3ccc(C(C)C)cc3cc1O)C2=O. The van der Waals surface area contributed by atoms with Crippen molar-refractivity contribution < 1.29 is 19.5 Å². The number of ketones is 3. The van der Waals surface area contributed by atoms with Crippen molar-refractivity contribution in [2.75, 3.05) is 0 Å². The highest BCUT2D eigenvalue weighted by Crippen LogP contribution is 2.38. The highest BCUT2D eigenvalue weighted by Gasteiger charge is 2.42. The minimum Gasteiger partial charge on any atom is -0.506 e. The summed E-state index contributed by atoms with van der Waals surface area (Å²) in [5.74, 6) is -2.07. The van der Waals surface area contributed by atoms with Gasteiger partial charge in [-0.25, -0.2) is 4.98 Å². The minimum atomic E-state index is -1.19. The number of carbonyl (C=O) groups excluding carboxylic acids is 3. The molecule has 0 bridgehead atoms. The molecule has 5 nitrogen and oxygen atoms in total. The lowest BCUT2D eigenvalue weighted by atomic mass is 9.96. The Morgan fingerprint density at radius 3 is 2.39 bits per heavy atom. The highest BCUT2D eigenvalue weighted by atomic mass is 16.3.